The lowest BCUT2D eigenvalue weighted by molar-refractivity contribution is -0.140. The number of carbonyl (C=O) groups excluding carboxylic acids is 2. The Bertz CT molecular complexity index is 939. The van der Waals surface area contributed by atoms with E-state index in [0.29, 0.717) is 18.7 Å². The summed E-state index contributed by atoms with van der Waals surface area (Å²) in [5.41, 5.74) is 5.56. The third kappa shape index (κ3) is 5.36. The summed E-state index contributed by atoms with van der Waals surface area (Å²) in [5.74, 6) is -0.533. The summed E-state index contributed by atoms with van der Waals surface area (Å²) in [7, 11) is 0. The highest BCUT2D eigenvalue weighted by atomic mass is 32.2. The first kappa shape index (κ1) is 20.9. The molecule has 1 aromatic carbocycles. The summed E-state index contributed by atoms with van der Waals surface area (Å²) < 4.78 is 5.63. The van der Waals surface area contributed by atoms with Crippen LogP contribution in [0.1, 0.15) is 24.2 Å². The molecule has 2 heterocycles. The summed E-state index contributed by atoms with van der Waals surface area (Å²) in [6.45, 7) is 4.90. The third-order valence-corrected chi connectivity index (χ3v) is 5.16. The fourth-order valence-corrected chi connectivity index (χ4v) is 3.81. The van der Waals surface area contributed by atoms with Gasteiger partial charge in [-0.25, -0.2) is 4.98 Å². The Morgan fingerprint density at radius 3 is 2.55 bits per heavy atom. The zero-order valence-electron chi connectivity index (χ0n) is 16.2. The van der Waals surface area contributed by atoms with Gasteiger partial charge >= 0.3 is 0 Å². The van der Waals surface area contributed by atoms with Gasteiger partial charge < -0.3 is 20.7 Å². The first-order valence-corrected chi connectivity index (χ1v) is 10.1. The van der Waals surface area contributed by atoms with E-state index in [1.807, 2.05) is 13.8 Å². The number of hydrogen-bond donors (Lipinski definition) is 3. The summed E-state index contributed by atoms with van der Waals surface area (Å²) in [4.78, 5) is 45.4. The molecule has 1 fully saturated rings. The number of H-pyrrole nitrogens is 1. The van der Waals surface area contributed by atoms with Gasteiger partial charge in [-0.2, -0.15) is 0 Å². The SMILES string of the molecule is C[C@@H]1CN(C(=O)CSc2nc(N)c(NC(=O)c3ccccc3)c(=O)[nH]2)C[C@H](C)O1. The Kier molecular flexibility index (Phi) is 6.55. The van der Waals surface area contributed by atoms with Crippen LogP contribution in [0.5, 0.6) is 0 Å². The highest BCUT2D eigenvalue weighted by molar-refractivity contribution is 7.99. The van der Waals surface area contributed by atoms with Crippen LogP contribution in [0.2, 0.25) is 0 Å². The minimum atomic E-state index is -0.578. The van der Waals surface area contributed by atoms with Crippen LogP contribution in [-0.4, -0.2) is 57.7 Å². The van der Waals surface area contributed by atoms with Gasteiger partial charge in [0.1, 0.15) is 5.69 Å². The van der Waals surface area contributed by atoms with E-state index >= 15 is 0 Å². The number of nitrogen functional groups attached to an aromatic ring is 1. The zero-order valence-corrected chi connectivity index (χ0v) is 17.0. The Morgan fingerprint density at radius 2 is 1.93 bits per heavy atom. The van der Waals surface area contributed by atoms with Crippen molar-refractivity contribution in [3.8, 4) is 0 Å². The number of morpholine rings is 1. The summed E-state index contributed by atoms with van der Waals surface area (Å²) in [6, 6.07) is 8.46. The van der Waals surface area contributed by atoms with Crippen molar-refractivity contribution in [1.29, 1.82) is 0 Å². The number of aromatic amines is 1. The van der Waals surface area contributed by atoms with Gasteiger partial charge in [-0.3, -0.25) is 19.4 Å². The van der Waals surface area contributed by atoms with Crippen LogP contribution in [0, 0.1) is 0 Å². The van der Waals surface area contributed by atoms with Crippen molar-refractivity contribution in [2.45, 2.75) is 31.2 Å². The number of anilines is 2. The van der Waals surface area contributed by atoms with Crippen molar-refractivity contribution >= 4 is 35.1 Å². The minimum Gasteiger partial charge on any atom is -0.382 e. The third-order valence-electron chi connectivity index (χ3n) is 4.30. The molecule has 4 N–H and O–H groups in total. The van der Waals surface area contributed by atoms with Crippen LogP contribution < -0.4 is 16.6 Å². The molecule has 2 amide bonds. The molecule has 1 aliphatic heterocycles. The van der Waals surface area contributed by atoms with Crippen LogP contribution in [0.4, 0.5) is 11.5 Å². The fraction of sp³-hybridized carbons (Fsp3) is 0.368. The van der Waals surface area contributed by atoms with E-state index in [1.165, 1.54) is 0 Å². The smallest absolute Gasteiger partial charge is 0.277 e. The summed E-state index contributed by atoms with van der Waals surface area (Å²) in [5, 5.41) is 2.70. The molecular weight excluding hydrogens is 394 g/mol. The standard InChI is InChI=1S/C19H23N5O4S/c1-11-8-24(9-12(2)28-11)14(25)10-29-19-22-16(20)15(18(27)23-19)21-17(26)13-6-4-3-5-7-13/h3-7,11-12H,8-10H2,1-2H3,(H,21,26)(H3,20,22,23,27)/t11-,12+. The van der Waals surface area contributed by atoms with Gasteiger partial charge in [0.25, 0.3) is 11.5 Å². The first-order chi connectivity index (χ1) is 13.8. The van der Waals surface area contributed by atoms with E-state index in [9.17, 15) is 14.4 Å². The highest BCUT2D eigenvalue weighted by Crippen LogP contribution is 2.19. The number of nitrogens with zero attached hydrogens (tertiary/aromatic N) is 2. The number of nitrogens with one attached hydrogen (secondary N) is 2. The van der Waals surface area contributed by atoms with Crippen LogP contribution >= 0.6 is 11.8 Å². The van der Waals surface area contributed by atoms with E-state index in [-0.39, 0.29) is 40.5 Å². The van der Waals surface area contributed by atoms with Crippen LogP contribution in [0.25, 0.3) is 0 Å². The normalized spacial score (nSPS) is 19.0. The lowest BCUT2D eigenvalue weighted by Gasteiger charge is -2.35. The molecule has 29 heavy (non-hydrogen) atoms. The number of amides is 2. The van der Waals surface area contributed by atoms with Crippen molar-refractivity contribution in [3.05, 3.63) is 46.2 Å². The molecule has 0 spiro atoms. The van der Waals surface area contributed by atoms with E-state index in [0.717, 1.165) is 11.8 Å². The second kappa shape index (κ2) is 9.10. The number of nitrogens with two attached hydrogens (primary N) is 1. The predicted molar refractivity (Wildman–Crippen MR) is 111 cm³/mol. The van der Waals surface area contributed by atoms with Gasteiger partial charge in [-0.05, 0) is 26.0 Å². The van der Waals surface area contributed by atoms with Crippen molar-refractivity contribution in [3.63, 3.8) is 0 Å². The molecule has 1 aromatic heterocycles. The Hall–Kier alpha value is -2.85. The number of rotatable bonds is 5. The average molecular weight is 417 g/mol. The van der Waals surface area contributed by atoms with Gasteiger partial charge in [0, 0.05) is 18.7 Å². The van der Waals surface area contributed by atoms with Gasteiger partial charge in [0.15, 0.2) is 11.0 Å². The molecule has 154 valence electrons. The number of hydrogen-bond acceptors (Lipinski definition) is 7. The number of benzene rings is 1. The number of carbonyl (C=O) groups is 2. The molecule has 10 heteroatoms. The molecule has 0 saturated carbocycles. The highest BCUT2D eigenvalue weighted by Gasteiger charge is 2.26. The molecule has 0 unspecified atom stereocenters. The maximum atomic E-state index is 12.4. The van der Waals surface area contributed by atoms with Crippen LogP contribution in [0.3, 0.4) is 0 Å². The molecule has 1 aliphatic rings. The van der Waals surface area contributed by atoms with Crippen molar-refractivity contribution in [2.24, 2.45) is 0 Å². The topological polar surface area (TPSA) is 130 Å². The molecule has 1 saturated heterocycles. The maximum absolute atomic E-state index is 12.4. The van der Waals surface area contributed by atoms with Gasteiger partial charge in [0.05, 0.1) is 18.0 Å². The van der Waals surface area contributed by atoms with Crippen LogP contribution in [0.15, 0.2) is 40.3 Å². The maximum Gasteiger partial charge on any atom is 0.277 e. The fourth-order valence-electron chi connectivity index (χ4n) is 3.04. The van der Waals surface area contributed by atoms with E-state index in [1.54, 1.807) is 35.2 Å². The number of ether oxygens (including phenoxy) is 1. The summed E-state index contributed by atoms with van der Waals surface area (Å²) in [6.07, 6.45) is -0.0393. The monoisotopic (exact) mass is 417 g/mol. The Labute approximate surface area is 172 Å². The molecule has 2 aromatic rings. The number of thioether (sulfide) groups is 1. The molecule has 3 rings (SSSR count). The second-order valence-electron chi connectivity index (χ2n) is 6.80. The largest absolute Gasteiger partial charge is 0.382 e. The zero-order chi connectivity index (χ0) is 21.0. The van der Waals surface area contributed by atoms with E-state index < -0.39 is 11.5 Å². The predicted octanol–water partition coefficient (Wildman–Crippen LogP) is 1.33. The molecule has 0 radical (unpaired) electrons. The van der Waals surface area contributed by atoms with Gasteiger partial charge in [0.2, 0.25) is 5.91 Å². The Balaban J connectivity index is 1.64. The molecular formula is C19H23N5O4S. The van der Waals surface area contributed by atoms with Crippen molar-refractivity contribution in [1.82, 2.24) is 14.9 Å². The van der Waals surface area contributed by atoms with Crippen molar-refractivity contribution in [2.75, 3.05) is 29.9 Å². The first-order valence-electron chi connectivity index (χ1n) is 9.15. The van der Waals surface area contributed by atoms with Crippen molar-refractivity contribution < 1.29 is 14.3 Å². The Morgan fingerprint density at radius 1 is 1.28 bits per heavy atom. The number of aromatic nitrogens is 2. The summed E-state index contributed by atoms with van der Waals surface area (Å²) >= 11 is 1.09. The second-order valence-corrected chi connectivity index (χ2v) is 7.76. The molecule has 0 aliphatic carbocycles. The van der Waals surface area contributed by atoms with Gasteiger partial charge in [-0.15, -0.1) is 0 Å². The van der Waals surface area contributed by atoms with E-state index in [2.05, 4.69) is 15.3 Å². The lowest BCUT2D eigenvalue weighted by Crippen LogP contribution is -2.48. The van der Waals surface area contributed by atoms with Gasteiger partial charge in [-0.1, -0.05) is 30.0 Å². The molecule has 2 atom stereocenters. The molecule has 9 nitrogen and oxygen atoms in total. The average Bonchev–Trinajstić information content (AvgIpc) is 2.68. The quantitative estimate of drug-likeness (QED) is 0.494. The van der Waals surface area contributed by atoms with E-state index in [4.69, 9.17) is 10.5 Å². The van der Waals surface area contributed by atoms with Crippen LogP contribution in [-0.2, 0) is 9.53 Å². The lowest BCUT2D eigenvalue weighted by atomic mass is 10.2. The minimum absolute atomic E-state index is 0.0196. The molecule has 0 bridgehead atoms.